The van der Waals surface area contributed by atoms with E-state index in [1.807, 2.05) is 12.1 Å². The Bertz CT molecular complexity index is 665. The zero-order chi connectivity index (χ0) is 15.7. The van der Waals surface area contributed by atoms with Gasteiger partial charge in [-0.25, -0.2) is 0 Å². The van der Waals surface area contributed by atoms with E-state index in [-0.39, 0.29) is 29.9 Å². The first-order valence-corrected chi connectivity index (χ1v) is 8.78. The molecule has 3 aliphatic carbocycles. The molecule has 3 saturated carbocycles. The molecule has 1 aromatic rings. The van der Waals surface area contributed by atoms with Crippen molar-refractivity contribution in [2.75, 3.05) is 0 Å². The Morgan fingerprint density at radius 3 is 1.87 bits per heavy atom. The number of aliphatic hydroxyl groups excluding tert-OH is 1. The van der Waals surface area contributed by atoms with E-state index in [0.717, 1.165) is 32.1 Å². The molecule has 5 unspecified atom stereocenters. The van der Waals surface area contributed by atoms with E-state index in [2.05, 4.69) is 0 Å². The van der Waals surface area contributed by atoms with Crippen LogP contribution in [0, 0.1) is 23.7 Å². The van der Waals surface area contributed by atoms with Crippen molar-refractivity contribution < 1.29 is 14.7 Å². The van der Waals surface area contributed by atoms with Gasteiger partial charge in [-0.15, -0.1) is 0 Å². The van der Waals surface area contributed by atoms with Crippen LogP contribution in [0.25, 0.3) is 0 Å². The molecule has 4 nitrogen and oxygen atoms in total. The standard InChI is InChI=1S/C19H21NO3/c21-14-8-11-7-12-5-10(11)6-13(9-14)17(12)20-18(22)15-3-1-2-4-16(15)19(20)23/h1-4,10-14,17,21H,5-9H2/t10?,11?,12?,13?,14?,17-/m0/s1. The molecular formula is C19H21NO3. The normalized spacial score (nSPS) is 41.3. The Morgan fingerprint density at radius 1 is 0.783 bits per heavy atom. The largest absolute Gasteiger partial charge is 0.393 e. The molecule has 1 aliphatic heterocycles. The van der Waals surface area contributed by atoms with Gasteiger partial charge < -0.3 is 5.11 Å². The van der Waals surface area contributed by atoms with Gasteiger partial charge >= 0.3 is 0 Å². The van der Waals surface area contributed by atoms with Crippen molar-refractivity contribution in [3.63, 3.8) is 0 Å². The van der Waals surface area contributed by atoms with Crippen LogP contribution in [-0.2, 0) is 0 Å². The zero-order valence-electron chi connectivity index (χ0n) is 13.0. The van der Waals surface area contributed by atoms with E-state index in [1.165, 1.54) is 0 Å². The molecule has 120 valence electrons. The monoisotopic (exact) mass is 311 g/mol. The van der Waals surface area contributed by atoms with Gasteiger partial charge in [0.1, 0.15) is 0 Å². The molecular weight excluding hydrogens is 290 g/mol. The van der Waals surface area contributed by atoms with Crippen LogP contribution < -0.4 is 0 Å². The highest BCUT2D eigenvalue weighted by atomic mass is 16.3. The van der Waals surface area contributed by atoms with Crippen molar-refractivity contribution in [3.05, 3.63) is 35.4 Å². The summed E-state index contributed by atoms with van der Waals surface area (Å²) >= 11 is 0. The minimum atomic E-state index is -0.272. The fourth-order valence-corrected chi connectivity index (χ4v) is 5.96. The Labute approximate surface area is 135 Å². The van der Waals surface area contributed by atoms with Crippen molar-refractivity contribution in [2.45, 2.75) is 44.2 Å². The minimum Gasteiger partial charge on any atom is -0.393 e. The van der Waals surface area contributed by atoms with Gasteiger partial charge in [0.05, 0.1) is 17.2 Å². The van der Waals surface area contributed by atoms with Crippen molar-refractivity contribution >= 4 is 11.8 Å². The maximum absolute atomic E-state index is 12.9. The van der Waals surface area contributed by atoms with Gasteiger partial charge in [0.15, 0.2) is 0 Å². The molecule has 1 heterocycles. The van der Waals surface area contributed by atoms with Gasteiger partial charge in [-0.1, -0.05) is 12.1 Å². The van der Waals surface area contributed by atoms with Crippen LogP contribution in [0.4, 0.5) is 0 Å². The first-order valence-electron chi connectivity index (χ1n) is 8.78. The minimum absolute atomic E-state index is 0.0152. The number of fused-ring (bicyclic) bond motifs is 3. The number of nitrogens with zero attached hydrogens (tertiary/aromatic N) is 1. The predicted molar refractivity (Wildman–Crippen MR) is 83.8 cm³/mol. The number of hydrogen-bond donors (Lipinski definition) is 1. The van der Waals surface area contributed by atoms with Crippen LogP contribution in [-0.4, -0.2) is 34.0 Å². The van der Waals surface area contributed by atoms with Gasteiger partial charge in [-0.2, -0.15) is 0 Å². The maximum Gasteiger partial charge on any atom is 0.261 e. The van der Waals surface area contributed by atoms with E-state index in [9.17, 15) is 14.7 Å². The third kappa shape index (κ3) is 1.81. The summed E-state index contributed by atoms with van der Waals surface area (Å²) in [6.45, 7) is 0. The number of amides is 2. The average molecular weight is 311 g/mol. The van der Waals surface area contributed by atoms with Gasteiger partial charge in [0.2, 0.25) is 0 Å². The first-order chi connectivity index (χ1) is 11.1. The van der Waals surface area contributed by atoms with Crippen molar-refractivity contribution in [3.8, 4) is 0 Å². The Hall–Kier alpha value is -1.68. The summed E-state index contributed by atoms with van der Waals surface area (Å²) in [5.74, 6) is 1.71. The lowest BCUT2D eigenvalue weighted by Gasteiger charge is -2.41. The van der Waals surface area contributed by atoms with Gasteiger partial charge in [0, 0.05) is 6.04 Å². The second kappa shape index (κ2) is 4.67. The lowest BCUT2D eigenvalue weighted by atomic mass is 9.74. The topological polar surface area (TPSA) is 57.6 Å². The molecule has 3 bridgehead atoms. The highest BCUT2D eigenvalue weighted by Gasteiger charge is 2.55. The Morgan fingerprint density at radius 2 is 1.26 bits per heavy atom. The second-order valence-corrected chi connectivity index (χ2v) is 7.89. The second-order valence-electron chi connectivity index (χ2n) is 7.89. The summed E-state index contributed by atoms with van der Waals surface area (Å²) in [4.78, 5) is 27.3. The summed E-state index contributed by atoms with van der Waals surface area (Å²) in [5, 5.41) is 10.3. The molecule has 6 atom stereocenters. The SMILES string of the molecule is O=C1c2ccccc2C(=O)N1[C@@H]1C2CC(O)CC3CC1CC3C2. The van der Waals surface area contributed by atoms with Crippen LogP contribution in [0.5, 0.6) is 0 Å². The highest BCUT2D eigenvalue weighted by Crippen LogP contribution is 2.55. The van der Waals surface area contributed by atoms with E-state index in [0.29, 0.717) is 28.9 Å². The smallest absolute Gasteiger partial charge is 0.261 e. The molecule has 3 fully saturated rings. The third-order valence-corrected chi connectivity index (χ3v) is 6.72. The van der Waals surface area contributed by atoms with E-state index < -0.39 is 0 Å². The fourth-order valence-electron chi connectivity index (χ4n) is 5.96. The van der Waals surface area contributed by atoms with Crippen LogP contribution in [0.2, 0.25) is 0 Å². The first kappa shape index (κ1) is 13.7. The number of carbonyl (C=O) groups excluding carboxylic acids is 2. The molecule has 0 saturated heterocycles. The summed E-state index contributed by atoms with van der Waals surface area (Å²) in [5.41, 5.74) is 1.09. The lowest BCUT2D eigenvalue weighted by molar-refractivity contribution is 0.0255. The van der Waals surface area contributed by atoms with Crippen LogP contribution in [0.3, 0.4) is 0 Å². The number of carbonyl (C=O) groups is 2. The summed E-state index contributed by atoms with van der Waals surface area (Å²) < 4.78 is 0. The van der Waals surface area contributed by atoms with Gasteiger partial charge in [-0.05, 0) is 67.9 Å². The summed E-state index contributed by atoms with van der Waals surface area (Å²) in [6.07, 6.45) is 4.62. The molecule has 23 heavy (non-hydrogen) atoms. The number of aliphatic hydroxyl groups is 1. The third-order valence-electron chi connectivity index (χ3n) is 6.72. The van der Waals surface area contributed by atoms with E-state index in [1.54, 1.807) is 17.0 Å². The molecule has 2 amide bonds. The van der Waals surface area contributed by atoms with Gasteiger partial charge in [0.25, 0.3) is 11.8 Å². The molecule has 1 N–H and O–H groups in total. The van der Waals surface area contributed by atoms with Crippen LogP contribution in [0.15, 0.2) is 24.3 Å². The summed E-state index contributed by atoms with van der Waals surface area (Å²) in [6, 6.07) is 7.14. The molecule has 5 rings (SSSR count). The van der Waals surface area contributed by atoms with Crippen molar-refractivity contribution in [1.82, 2.24) is 4.90 Å². The van der Waals surface area contributed by atoms with Crippen molar-refractivity contribution in [2.24, 2.45) is 23.7 Å². The number of hydrogen-bond acceptors (Lipinski definition) is 3. The fraction of sp³-hybridized carbons (Fsp3) is 0.579. The molecule has 4 heteroatoms. The molecule has 4 aliphatic rings. The number of rotatable bonds is 1. The van der Waals surface area contributed by atoms with Crippen LogP contribution in [0.1, 0.15) is 52.8 Å². The highest BCUT2D eigenvalue weighted by molar-refractivity contribution is 6.21. The van der Waals surface area contributed by atoms with E-state index in [4.69, 9.17) is 0 Å². The van der Waals surface area contributed by atoms with Gasteiger partial charge in [-0.3, -0.25) is 14.5 Å². The maximum atomic E-state index is 12.9. The average Bonchev–Trinajstić information content (AvgIpc) is 2.93. The summed E-state index contributed by atoms with van der Waals surface area (Å²) in [7, 11) is 0. The Balaban J connectivity index is 1.55. The molecule has 1 aromatic carbocycles. The lowest BCUT2D eigenvalue weighted by Crippen LogP contribution is -2.50. The molecule has 0 aromatic heterocycles. The predicted octanol–water partition coefficient (Wildman–Crippen LogP) is 2.47. The quantitative estimate of drug-likeness (QED) is 0.811. The van der Waals surface area contributed by atoms with Crippen LogP contribution >= 0.6 is 0 Å². The number of imide groups is 1. The number of benzene rings is 1. The van der Waals surface area contributed by atoms with Crippen molar-refractivity contribution in [1.29, 1.82) is 0 Å². The zero-order valence-corrected chi connectivity index (χ0v) is 13.0. The Kier molecular flexibility index (Phi) is 2.79. The molecule has 0 spiro atoms. The van der Waals surface area contributed by atoms with E-state index >= 15 is 0 Å². The molecule has 0 radical (unpaired) electrons.